The van der Waals surface area contributed by atoms with E-state index in [2.05, 4.69) is 9.73 Å². The molecule has 16 heavy (non-hydrogen) atoms. The minimum Gasteiger partial charge on any atom is -0.463 e. The molecule has 1 unspecified atom stereocenters. The maximum atomic E-state index is 11.9. The lowest BCUT2D eigenvalue weighted by molar-refractivity contribution is -0.0498. The van der Waals surface area contributed by atoms with E-state index in [0.717, 1.165) is 5.56 Å². The van der Waals surface area contributed by atoms with Crippen molar-refractivity contribution in [3.63, 3.8) is 0 Å². The van der Waals surface area contributed by atoms with Gasteiger partial charge < -0.3 is 15.2 Å². The zero-order valence-corrected chi connectivity index (χ0v) is 8.27. The van der Waals surface area contributed by atoms with E-state index in [1.165, 1.54) is 12.1 Å². The quantitative estimate of drug-likeness (QED) is 0.856. The fourth-order valence-electron chi connectivity index (χ4n) is 1.43. The Hall–Kier alpha value is -1.85. The molecule has 0 amide bonds. The average molecular weight is 228 g/mol. The first kappa shape index (κ1) is 10.7. The molecule has 2 N–H and O–H groups in total. The molecule has 0 fully saturated rings. The molecule has 2 rings (SSSR count). The summed E-state index contributed by atoms with van der Waals surface area (Å²) in [6.45, 7) is -2.43. The number of amidine groups is 1. The van der Waals surface area contributed by atoms with Crippen LogP contribution in [0.3, 0.4) is 0 Å². The van der Waals surface area contributed by atoms with E-state index in [-0.39, 0.29) is 17.8 Å². The van der Waals surface area contributed by atoms with Gasteiger partial charge in [0.2, 0.25) is 0 Å². The van der Waals surface area contributed by atoms with Gasteiger partial charge in [0, 0.05) is 0 Å². The van der Waals surface area contributed by atoms with E-state index in [9.17, 15) is 8.78 Å². The van der Waals surface area contributed by atoms with Crippen molar-refractivity contribution in [1.29, 1.82) is 0 Å². The molecule has 86 valence electrons. The van der Waals surface area contributed by atoms with Crippen molar-refractivity contribution in [3.05, 3.63) is 29.8 Å². The molecule has 1 heterocycles. The molecule has 6 heteroatoms. The third kappa shape index (κ3) is 2.39. The van der Waals surface area contributed by atoms with Crippen molar-refractivity contribution >= 4 is 6.02 Å². The predicted octanol–water partition coefficient (Wildman–Crippen LogP) is 1.67. The highest BCUT2D eigenvalue weighted by Gasteiger charge is 2.18. The molecule has 4 nitrogen and oxygen atoms in total. The summed E-state index contributed by atoms with van der Waals surface area (Å²) >= 11 is 0. The van der Waals surface area contributed by atoms with Crippen LogP contribution in [0, 0.1) is 0 Å². The molecule has 0 saturated carbocycles. The van der Waals surface area contributed by atoms with Crippen LogP contribution in [0.5, 0.6) is 5.75 Å². The molecule has 0 saturated heterocycles. The topological polar surface area (TPSA) is 56.8 Å². The molecule has 0 aliphatic carbocycles. The highest BCUT2D eigenvalue weighted by molar-refractivity contribution is 5.73. The minimum absolute atomic E-state index is 0.120. The number of alkyl halides is 2. The Bertz CT molecular complexity index is 392. The van der Waals surface area contributed by atoms with Crippen molar-refractivity contribution < 1.29 is 18.3 Å². The minimum atomic E-state index is -2.81. The van der Waals surface area contributed by atoms with Gasteiger partial charge in [0.25, 0.3) is 6.02 Å². The Morgan fingerprint density at radius 3 is 2.56 bits per heavy atom. The fourth-order valence-corrected chi connectivity index (χ4v) is 1.43. The van der Waals surface area contributed by atoms with E-state index in [4.69, 9.17) is 10.5 Å². The number of ether oxygens (including phenoxy) is 2. The monoisotopic (exact) mass is 228 g/mol. The Kier molecular flexibility index (Phi) is 2.89. The zero-order chi connectivity index (χ0) is 11.5. The molecular formula is C10H10F2N2O2. The number of nitrogens with two attached hydrogens (primary N) is 1. The van der Waals surface area contributed by atoms with Crippen molar-refractivity contribution in [2.45, 2.75) is 12.7 Å². The van der Waals surface area contributed by atoms with Gasteiger partial charge in [-0.2, -0.15) is 8.78 Å². The average Bonchev–Trinajstić information content (AvgIpc) is 2.65. The van der Waals surface area contributed by atoms with E-state index in [1.54, 1.807) is 12.1 Å². The lowest BCUT2D eigenvalue weighted by Gasteiger charge is -2.07. The van der Waals surface area contributed by atoms with Crippen LogP contribution in [-0.2, 0) is 4.74 Å². The number of rotatable bonds is 3. The Balaban J connectivity index is 2.07. The summed E-state index contributed by atoms with van der Waals surface area (Å²) in [6.07, 6.45) is 0. The second-order valence-electron chi connectivity index (χ2n) is 3.24. The smallest absolute Gasteiger partial charge is 0.387 e. The Morgan fingerprint density at radius 1 is 1.38 bits per heavy atom. The first-order valence-corrected chi connectivity index (χ1v) is 4.66. The van der Waals surface area contributed by atoms with Crippen molar-refractivity contribution in [2.75, 3.05) is 6.61 Å². The lowest BCUT2D eigenvalue weighted by Crippen LogP contribution is -2.10. The van der Waals surface area contributed by atoms with Crippen LogP contribution in [0.4, 0.5) is 8.78 Å². The number of hydrogen-bond acceptors (Lipinski definition) is 4. The molecule has 1 aliphatic rings. The molecule has 0 spiro atoms. The maximum absolute atomic E-state index is 11.9. The predicted molar refractivity (Wildman–Crippen MR) is 53.4 cm³/mol. The largest absolute Gasteiger partial charge is 0.463 e. The number of aliphatic imine (C=N–C) groups is 1. The highest BCUT2D eigenvalue weighted by Crippen LogP contribution is 2.24. The Morgan fingerprint density at radius 2 is 2.06 bits per heavy atom. The summed E-state index contributed by atoms with van der Waals surface area (Å²) in [4.78, 5) is 4.03. The summed E-state index contributed by atoms with van der Waals surface area (Å²) in [5, 5.41) is 0. The van der Waals surface area contributed by atoms with Crippen LogP contribution in [0.2, 0.25) is 0 Å². The molecule has 1 atom stereocenters. The highest BCUT2D eigenvalue weighted by atomic mass is 19.3. The molecular weight excluding hydrogens is 218 g/mol. The van der Waals surface area contributed by atoms with Crippen LogP contribution in [-0.4, -0.2) is 19.2 Å². The molecule has 1 aliphatic heterocycles. The second kappa shape index (κ2) is 4.34. The normalized spacial score (nSPS) is 19.4. The van der Waals surface area contributed by atoms with Gasteiger partial charge in [-0.3, -0.25) is 0 Å². The SMILES string of the molecule is NC1=NC(c2ccc(OC(F)F)cc2)CO1. The van der Waals surface area contributed by atoms with Crippen molar-refractivity contribution in [1.82, 2.24) is 0 Å². The van der Waals surface area contributed by atoms with Gasteiger partial charge in [-0.15, -0.1) is 0 Å². The van der Waals surface area contributed by atoms with Crippen LogP contribution in [0.15, 0.2) is 29.3 Å². The molecule has 0 bridgehead atoms. The van der Waals surface area contributed by atoms with E-state index in [1.807, 2.05) is 0 Å². The first-order chi connectivity index (χ1) is 7.65. The van der Waals surface area contributed by atoms with Gasteiger partial charge in [-0.25, -0.2) is 4.99 Å². The van der Waals surface area contributed by atoms with Crippen LogP contribution in [0.1, 0.15) is 11.6 Å². The summed E-state index contributed by atoms with van der Waals surface area (Å²) < 4.78 is 33.0. The van der Waals surface area contributed by atoms with Crippen LogP contribution in [0.25, 0.3) is 0 Å². The number of halogens is 2. The summed E-state index contributed by atoms with van der Waals surface area (Å²) in [6, 6.07) is 6.23. The third-order valence-corrected chi connectivity index (χ3v) is 2.16. The van der Waals surface area contributed by atoms with Gasteiger partial charge in [-0.1, -0.05) is 12.1 Å². The maximum Gasteiger partial charge on any atom is 0.387 e. The zero-order valence-electron chi connectivity index (χ0n) is 8.27. The summed E-state index contributed by atoms with van der Waals surface area (Å²) in [5.74, 6) is 0.120. The summed E-state index contributed by atoms with van der Waals surface area (Å²) in [7, 11) is 0. The van der Waals surface area contributed by atoms with Gasteiger partial charge in [-0.05, 0) is 17.7 Å². The standard InChI is InChI=1S/C10H10F2N2O2/c11-9(12)16-7-3-1-6(2-4-7)8-5-15-10(13)14-8/h1-4,8-9H,5H2,(H2,13,14). The van der Waals surface area contributed by atoms with Gasteiger partial charge in [0.15, 0.2) is 0 Å². The molecule has 0 aromatic heterocycles. The number of hydrogen-bond donors (Lipinski definition) is 1. The van der Waals surface area contributed by atoms with Crippen molar-refractivity contribution in [2.24, 2.45) is 10.7 Å². The molecule has 1 aromatic rings. The van der Waals surface area contributed by atoms with Crippen LogP contribution < -0.4 is 10.5 Å². The molecule has 1 aromatic carbocycles. The second-order valence-corrected chi connectivity index (χ2v) is 3.24. The summed E-state index contributed by atoms with van der Waals surface area (Å²) in [5.41, 5.74) is 6.21. The van der Waals surface area contributed by atoms with Gasteiger partial charge in [0.1, 0.15) is 18.4 Å². The first-order valence-electron chi connectivity index (χ1n) is 4.66. The van der Waals surface area contributed by atoms with Gasteiger partial charge >= 0.3 is 6.61 Å². The number of nitrogens with zero attached hydrogens (tertiary/aromatic N) is 1. The van der Waals surface area contributed by atoms with Crippen molar-refractivity contribution in [3.8, 4) is 5.75 Å². The third-order valence-electron chi connectivity index (χ3n) is 2.16. The van der Waals surface area contributed by atoms with Crippen LogP contribution >= 0.6 is 0 Å². The fraction of sp³-hybridized carbons (Fsp3) is 0.300. The van der Waals surface area contributed by atoms with E-state index >= 15 is 0 Å². The van der Waals surface area contributed by atoms with Gasteiger partial charge in [0.05, 0.1) is 0 Å². The van der Waals surface area contributed by atoms with E-state index in [0.29, 0.717) is 6.61 Å². The lowest BCUT2D eigenvalue weighted by atomic mass is 10.1. The molecule has 0 radical (unpaired) electrons. The van der Waals surface area contributed by atoms with E-state index < -0.39 is 6.61 Å². The Labute approximate surface area is 90.7 Å². The number of benzene rings is 1.